The van der Waals surface area contributed by atoms with Gasteiger partial charge in [0.1, 0.15) is 0 Å². The van der Waals surface area contributed by atoms with E-state index in [0.717, 1.165) is 17.1 Å². The van der Waals surface area contributed by atoms with Crippen LogP contribution in [0.3, 0.4) is 0 Å². The molecule has 0 N–H and O–H groups in total. The van der Waals surface area contributed by atoms with Crippen molar-refractivity contribution in [2.75, 3.05) is 4.90 Å². The Kier molecular flexibility index (Phi) is 5.27. The number of benzene rings is 7. The summed E-state index contributed by atoms with van der Waals surface area (Å²) in [5.41, 5.74) is 9.12. The maximum Gasteiger partial charge on any atom is 0.0991 e. The summed E-state index contributed by atoms with van der Waals surface area (Å²) >= 11 is 0. The molecule has 0 saturated heterocycles. The van der Waals surface area contributed by atoms with Gasteiger partial charge in [0.15, 0.2) is 0 Å². The van der Waals surface area contributed by atoms with Gasteiger partial charge in [-0.05, 0) is 121 Å². The van der Waals surface area contributed by atoms with Crippen LogP contribution >= 0.6 is 0 Å². The Labute approximate surface area is 245 Å². The van der Waals surface area contributed by atoms with Gasteiger partial charge in [0.25, 0.3) is 0 Å². The molecule has 1 aliphatic rings. The van der Waals surface area contributed by atoms with Crippen molar-refractivity contribution < 1.29 is 0 Å². The molecule has 8 rings (SSSR count). The zero-order valence-electron chi connectivity index (χ0n) is 23.6. The van der Waals surface area contributed by atoms with Crippen LogP contribution in [-0.2, 0) is 5.41 Å². The fourth-order valence-electron chi connectivity index (χ4n) is 6.83. The maximum atomic E-state index is 9.30. The van der Waals surface area contributed by atoms with Gasteiger partial charge in [-0.2, -0.15) is 5.26 Å². The molecule has 0 saturated carbocycles. The van der Waals surface area contributed by atoms with Crippen LogP contribution in [0.25, 0.3) is 43.4 Å². The van der Waals surface area contributed by atoms with Gasteiger partial charge in [-0.1, -0.05) is 80.6 Å². The van der Waals surface area contributed by atoms with Crippen molar-refractivity contribution in [3.8, 4) is 17.2 Å². The van der Waals surface area contributed by atoms with Crippen LogP contribution in [0.1, 0.15) is 30.5 Å². The van der Waals surface area contributed by atoms with Gasteiger partial charge in [0, 0.05) is 22.5 Å². The third-order valence-corrected chi connectivity index (χ3v) is 8.99. The van der Waals surface area contributed by atoms with Crippen molar-refractivity contribution in [1.29, 1.82) is 5.26 Å². The van der Waals surface area contributed by atoms with Crippen molar-refractivity contribution in [3.05, 3.63) is 150 Å². The first-order chi connectivity index (χ1) is 20.5. The summed E-state index contributed by atoms with van der Waals surface area (Å²) < 4.78 is 0. The Bertz CT molecular complexity index is 2220. The summed E-state index contributed by atoms with van der Waals surface area (Å²) in [6.45, 7) is 4.71. The molecule has 0 unspecified atom stereocenters. The SMILES string of the molecule is CC1(C)c2cccc3ccc4cc(-c5ccc6cc(N(c7ccccc7)c7ccc(C#N)cc7)ccc6c5)cc1c4c23. The molecule has 7 aromatic rings. The number of anilines is 3. The first-order valence-electron chi connectivity index (χ1n) is 14.4. The molecular weight excluding hydrogens is 508 g/mol. The Morgan fingerprint density at radius 1 is 0.500 bits per heavy atom. The number of hydrogen-bond donors (Lipinski definition) is 0. The van der Waals surface area contributed by atoms with E-state index >= 15 is 0 Å². The van der Waals surface area contributed by atoms with Crippen LogP contribution in [0.15, 0.2) is 133 Å². The quantitative estimate of drug-likeness (QED) is 0.209. The lowest BCUT2D eigenvalue weighted by molar-refractivity contribution is 0.663. The number of rotatable bonds is 4. The van der Waals surface area contributed by atoms with Crippen LogP contribution in [0.5, 0.6) is 0 Å². The van der Waals surface area contributed by atoms with E-state index in [1.807, 2.05) is 30.3 Å². The van der Waals surface area contributed by atoms with E-state index in [9.17, 15) is 5.26 Å². The molecule has 7 aromatic carbocycles. The molecule has 0 spiro atoms. The second kappa shape index (κ2) is 9.06. The van der Waals surface area contributed by atoms with Gasteiger partial charge in [0.05, 0.1) is 11.6 Å². The standard InChI is InChI=1S/C40H28N2/c1-40(2)36-10-6-7-27-13-16-31-22-32(24-37(40)39(31)38(27)36)29-14-15-30-23-35(20-17-28(30)21-29)42(33-8-4-3-5-9-33)34-18-11-26(25-41)12-19-34/h3-24H,1-2H3. The summed E-state index contributed by atoms with van der Waals surface area (Å²) in [6.07, 6.45) is 0. The van der Waals surface area contributed by atoms with Crippen LogP contribution < -0.4 is 4.90 Å². The zero-order chi connectivity index (χ0) is 28.4. The second-order valence-electron chi connectivity index (χ2n) is 11.8. The number of nitriles is 1. The van der Waals surface area contributed by atoms with Gasteiger partial charge in [-0.25, -0.2) is 0 Å². The van der Waals surface area contributed by atoms with Gasteiger partial charge < -0.3 is 4.90 Å². The lowest BCUT2D eigenvalue weighted by atomic mass is 9.81. The lowest BCUT2D eigenvalue weighted by Gasteiger charge is -2.26. The Balaban J connectivity index is 1.23. The number of para-hydroxylation sites is 1. The molecule has 198 valence electrons. The van der Waals surface area contributed by atoms with Gasteiger partial charge in [-0.15, -0.1) is 0 Å². The zero-order valence-corrected chi connectivity index (χ0v) is 23.6. The van der Waals surface area contributed by atoms with E-state index in [4.69, 9.17) is 0 Å². The predicted molar refractivity (Wildman–Crippen MR) is 176 cm³/mol. The third-order valence-electron chi connectivity index (χ3n) is 8.99. The van der Waals surface area contributed by atoms with Crippen LogP contribution in [0.4, 0.5) is 17.1 Å². The minimum Gasteiger partial charge on any atom is -0.310 e. The fraction of sp³-hybridized carbons (Fsp3) is 0.0750. The van der Waals surface area contributed by atoms with Crippen molar-refractivity contribution in [2.45, 2.75) is 19.3 Å². The highest BCUT2D eigenvalue weighted by Crippen LogP contribution is 2.50. The largest absolute Gasteiger partial charge is 0.310 e. The molecule has 0 atom stereocenters. The minimum absolute atomic E-state index is 0.0322. The van der Waals surface area contributed by atoms with E-state index in [-0.39, 0.29) is 5.41 Å². The van der Waals surface area contributed by atoms with Crippen molar-refractivity contribution in [3.63, 3.8) is 0 Å². The first kappa shape index (κ1) is 24.4. The number of hydrogen-bond acceptors (Lipinski definition) is 2. The maximum absolute atomic E-state index is 9.30. The molecule has 0 aromatic heterocycles. The number of nitrogens with zero attached hydrogens (tertiary/aromatic N) is 2. The van der Waals surface area contributed by atoms with Crippen LogP contribution in [0, 0.1) is 11.3 Å². The molecule has 0 bridgehead atoms. The first-order valence-corrected chi connectivity index (χ1v) is 14.4. The second-order valence-corrected chi connectivity index (χ2v) is 11.8. The molecule has 2 heteroatoms. The molecule has 2 nitrogen and oxygen atoms in total. The van der Waals surface area contributed by atoms with E-state index in [2.05, 4.69) is 128 Å². The molecule has 1 aliphatic carbocycles. The third kappa shape index (κ3) is 3.64. The summed E-state index contributed by atoms with van der Waals surface area (Å²) in [6, 6.07) is 49.9. The van der Waals surface area contributed by atoms with Crippen molar-refractivity contribution in [2.24, 2.45) is 0 Å². The van der Waals surface area contributed by atoms with E-state index in [1.54, 1.807) is 0 Å². The molecule has 0 heterocycles. The summed E-state index contributed by atoms with van der Waals surface area (Å²) in [5, 5.41) is 17.2. The monoisotopic (exact) mass is 536 g/mol. The average molecular weight is 537 g/mol. The molecule has 0 amide bonds. The molecule has 0 fully saturated rings. The number of fused-ring (bicyclic) bond motifs is 1. The highest BCUT2D eigenvalue weighted by Gasteiger charge is 2.34. The Morgan fingerprint density at radius 3 is 1.95 bits per heavy atom. The Hall–Kier alpha value is -5.39. The van der Waals surface area contributed by atoms with Crippen LogP contribution in [-0.4, -0.2) is 0 Å². The van der Waals surface area contributed by atoms with E-state index in [1.165, 1.54) is 54.6 Å². The highest BCUT2D eigenvalue weighted by molar-refractivity contribution is 6.15. The molecule has 0 radical (unpaired) electrons. The normalized spacial score (nSPS) is 13.2. The highest BCUT2D eigenvalue weighted by atomic mass is 15.1. The topological polar surface area (TPSA) is 27.0 Å². The lowest BCUT2D eigenvalue weighted by Crippen LogP contribution is -2.15. The van der Waals surface area contributed by atoms with Gasteiger partial charge >= 0.3 is 0 Å². The predicted octanol–water partition coefficient (Wildman–Crippen LogP) is 10.8. The summed E-state index contributed by atoms with van der Waals surface area (Å²) in [5.74, 6) is 0. The molecular formula is C40H28N2. The van der Waals surface area contributed by atoms with Crippen molar-refractivity contribution >= 4 is 49.4 Å². The summed E-state index contributed by atoms with van der Waals surface area (Å²) in [7, 11) is 0. The van der Waals surface area contributed by atoms with Gasteiger partial charge in [-0.3, -0.25) is 0 Å². The minimum atomic E-state index is -0.0322. The van der Waals surface area contributed by atoms with Crippen molar-refractivity contribution in [1.82, 2.24) is 0 Å². The fourth-order valence-corrected chi connectivity index (χ4v) is 6.83. The average Bonchev–Trinajstić information content (AvgIpc) is 3.27. The van der Waals surface area contributed by atoms with E-state index < -0.39 is 0 Å². The molecule has 42 heavy (non-hydrogen) atoms. The van der Waals surface area contributed by atoms with Gasteiger partial charge in [0.2, 0.25) is 0 Å². The van der Waals surface area contributed by atoms with Crippen LogP contribution in [0.2, 0.25) is 0 Å². The molecule has 0 aliphatic heterocycles. The summed E-state index contributed by atoms with van der Waals surface area (Å²) in [4.78, 5) is 2.24. The smallest absolute Gasteiger partial charge is 0.0991 e. The van der Waals surface area contributed by atoms with E-state index in [0.29, 0.717) is 5.56 Å². The Morgan fingerprint density at radius 2 is 1.14 bits per heavy atom.